The minimum absolute atomic E-state index is 0.205. The summed E-state index contributed by atoms with van der Waals surface area (Å²) in [7, 11) is -3.38. The second-order valence-corrected chi connectivity index (χ2v) is 9.20. The van der Waals surface area contributed by atoms with Gasteiger partial charge in [-0.3, -0.25) is 0 Å². The first-order valence-corrected chi connectivity index (χ1v) is 10.2. The van der Waals surface area contributed by atoms with Crippen molar-refractivity contribution in [3.63, 3.8) is 0 Å². The summed E-state index contributed by atoms with van der Waals surface area (Å²) in [4.78, 5) is 3.31. The molecule has 2 atom stereocenters. The van der Waals surface area contributed by atoms with E-state index in [2.05, 4.69) is 12.1 Å². The first-order chi connectivity index (χ1) is 11.2. The molecule has 23 heavy (non-hydrogen) atoms. The fraction of sp³-hybridized carbons (Fsp3) is 0.263. The van der Waals surface area contributed by atoms with E-state index in [-0.39, 0.29) is 5.92 Å². The number of fused-ring (bicyclic) bond motifs is 2. The van der Waals surface area contributed by atoms with Crippen LogP contribution in [0.1, 0.15) is 19.3 Å². The van der Waals surface area contributed by atoms with Crippen LogP contribution in [0.25, 0.3) is 0 Å². The Morgan fingerprint density at radius 2 is 1.43 bits per heavy atom. The third-order valence-corrected chi connectivity index (χ3v) is 8.17. The zero-order chi connectivity index (χ0) is 15.9. The highest BCUT2D eigenvalue weighted by molar-refractivity contribution is 8.04. The molecule has 1 saturated carbocycles. The molecule has 2 aromatic carbocycles. The molecule has 0 radical (unpaired) electrons. The zero-order valence-electron chi connectivity index (χ0n) is 12.7. The van der Waals surface area contributed by atoms with Crippen LogP contribution in [-0.4, -0.2) is 8.42 Å². The predicted octanol–water partition coefficient (Wildman–Crippen LogP) is 4.89. The van der Waals surface area contributed by atoms with Gasteiger partial charge >= 0.3 is 0 Å². The summed E-state index contributed by atoms with van der Waals surface area (Å²) in [5.74, 6) is 0.620. The Morgan fingerprint density at radius 1 is 0.826 bits per heavy atom. The van der Waals surface area contributed by atoms with E-state index >= 15 is 0 Å². The highest BCUT2D eigenvalue weighted by Gasteiger charge is 2.45. The third kappa shape index (κ3) is 2.64. The van der Waals surface area contributed by atoms with Crippen molar-refractivity contribution in [2.45, 2.75) is 29.1 Å². The minimum atomic E-state index is -3.38. The lowest BCUT2D eigenvalue weighted by molar-refractivity contribution is 0.587. The average molecular weight is 342 g/mol. The molecule has 2 aliphatic rings. The number of rotatable bonds is 4. The van der Waals surface area contributed by atoms with Gasteiger partial charge in [-0.1, -0.05) is 48.2 Å². The Kier molecular flexibility index (Phi) is 3.82. The molecular weight excluding hydrogens is 324 g/mol. The summed E-state index contributed by atoms with van der Waals surface area (Å²) >= 11 is 1.64. The van der Waals surface area contributed by atoms with Gasteiger partial charge in [0.1, 0.15) is 0 Å². The lowest BCUT2D eigenvalue weighted by Gasteiger charge is -2.19. The van der Waals surface area contributed by atoms with E-state index in [1.807, 2.05) is 24.3 Å². The second-order valence-electron chi connectivity index (χ2n) is 6.17. The highest BCUT2D eigenvalue weighted by Crippen LogP contribution is 2.56. The Bertz CT molecular complexity index is 839. The van der Waals surface area contributed by atoms with Gasteiger partial charge in [-0.15, -0.1) is 0 Å². The molecule has 0 unspecified atom stereocenters. The van der Waals surface area contributed by atoms with E-state index in [4.69, 9.17) is 0 Å². The van der Waals surface area contributed by atoms with Gasteiger partial charge in [0.15, 0.2) is 0 Å². The van der Waals surface area contributed by atoms with E-state index < -0.39 is 9.84 Å². The van der Waals surface area contributed by atoms with Crippen molar-refractivity contribution in [2.24, 2.45) is 11.8 Å². The van der Waals surface area contributed by atoms with Crippen molar-refractivity contribution >= 4 is 21.6 Å². The van der Waals surface area contributed by atoms with Gasteiger partial charge in [0.05, 0.1) is 9.80 Å². The zero-order valence-corrected chi connectivity index (χ0v) is 14.3. The molecule has 2 bridgehead atoms. The van der Waals surface area contributed by atoms with Gasteiger partial charge in [-0.05, 0) is 55.4 Å². The first-order valence-electron chi connectivity index (χ1n) is 7.93. The topological polar surface area (TPSA) is 34.1 Å². The molecule has 0 aliphatic heterocycles. The fourth-order valence-electron chi connectivity index (χ4n) is 3.69. The van der Waals surface area contributed by atoms with Crippen LogP contribution in [0.5, 0.6) is 0 Å². The summed E-state index contributed by atoms with van der Waals surface area (Å²) in [6.45, 7) is 0. The largest absolute Gasteiger partial charge is 0.219 e. The Balaban J connectivity index is 1.80. The molecular formula is C19H18O2S2. The molecule has 1 fully saturated rings. The van der Waals surface area contributed by atoms with Gasteiger partial charge in [-0.2, -0.15) is 0 Å². The van der Waals surface area contributed by atoms with Gasteiger partial charge in [0, 0.05) is 9.80 Å². The van der Waals surface area contributed by atoms with Crippen LogP contribution in [0.4, 0.5) is 0 Å². The molecule has 2 aliphatic carbocycles. The molecule has 0 amide bonds. The van der Waals surface area contributed by atoms with Crippen LogP contribution in [-0.2, 0) is 9.84 Å². The molecule has 2 aromatic rings. The highest BCUT2D eigenvalue weighted by atomic mass is 32.2. The van der Waals surface area contributed by atoms with Gasteiger partial charge in [0.2, 0.25) is 9.84 Å². The van der Waals surface area contributed by atoms with Crippen molar-refractivity contribution in [1.82, 2.24) is 0 Å². The van der Waals surface area contributed by atoms with E-state index in [9.17, 15) is 8.42 Å². The van der Waals surface area contributed by atoms with Crippen LogP contribution in [0, 0.1) is 11.8 Å². The number of hydrogen-bond donors (Lipinski definition) is 0. The van der Waals surface area contributed by atoms with Crippen molar-refractivity contribution in [2.75, 3.05) is 0 Å². The predicted molar refractivity (Wildman–Crippen MR) is 93.8 cm³/mol. The standard InChI is InChI=1S/C19H18O2S2/c20-23(21,17-9-5-2-6-10-17)19-15-12-11-14(13-15)18(19)22-16-7-3-1-4-8-16/h1-10,14-15H,11-13H2/t14-,15+/m1/s1. The fourth-order valence-corrected chi connectivity index (χ4v) is 7.19. The van der Waals surface area contributed by atoms with Crippen LogP contribution >= 0.6 is 11.8 Å². The maximum absolute atomic E-state index is 13.2. The molecule has 0 N–H and O–H groups in total. The number of sulfone groups is 1. The van der Waals surface area contributed by atoms with Crippen molar-refractivity contribution in [3.8, 4) is 0 Å². The van der Waals surface area contributed by atoms with Crippen LogP contribution in [0.3, 0.4) is 0 Å². The summed E-state index contributed by atoms with van der Waals surface area (Å²) in [6, 6.07) is 19.0. The Morgan fingerprint density at radius 3 is 2.13 bits per heavy atom. The number of allylic oxidation sites excluding steroid dienone is 2. The summed E-state index contributed by atoms with van der Waals surface area (Å²) in [5, 5.41) is 0. The minimum Gasteiger partial charge on any atom is -0.219 e. The average Bonchev–Trinajstić information content (AvgIpc) is 3.18. The van der Waals surface area contributed by atoms with E-state index in [1.54, 1.807) is 36.0 Å². The van der Waals surface area contributed by atoms with Crippen molar-refractivity contribution in [1.29, 1.82) is 0 Å². The van der Waals surface area contributed by atoms with Crippen LogP contribution in [0.15, 0.2) is 80.3 Å². The van der Waals surface area contributed by atoms with E-state index in [0.717, 1.165) is 29.1 Å². The second kappa shape index (κ2) is 5.84. The molecule has 0 saturated heterocycles. The maximum atomic E-state index is 13.2. The molecule has 4 rings (SSSR count). The lowest BCUT2D eigenvalue weighted by atomic mass is 10.1. The van der Waals surface area contributed by atoms with Crippen LogP contribution < -0.4 is 0 Å². The van der Waals surface area contributed by atoms with Gasteiger partial charge in [-0.25, -0.2) is 8.42 Å². The normalized spacial score (nSPS) is 23.5. The number of hydrogen-bond acceptors (Lipinski definition) is 3. The lowest BCUT2D eigenvalue weighted by Crippen LogP contribution is -2.13. The summed E-state index contributed by atoms with van der Waals surface area (Å²) < 4.78 is 26.3. The van der Waals surface area contributed by atoms with Gasteiger partial charge < -0.3 is 0 Å². The molecule has 118 valence electrons. The smallest absolute Gasteiger partial charge is 0.203 e. The maximum Gasteiger partial charge on any atom is 0.203 e. The molecule has 2 nitrogen and oxygen atoms in total. The van der Waals surface area contributed by atoms with Crippen molar-refractivity contribution in [3.05, 3.63) is 70.5 Å². The monoisotopic (exact) mass is 342 g/mol. The molecule has 0 aromatic heterocycles. The SMILES string of the molecule is O=S(=O)(C1=C(Sc2ccccc2)[C@@H]2CC[C@H]1C2)c1ccccc1. The quantitative estimate of drug-likeness (QED) is 0.793. The molecule has 4 heteroatoms. The van der Waals surface area contributed by atoms with E-state index in [0.29, 0.717) is 15.7 Å². The molecule has 0 spiro atoms. The number of benzene rings is 2. The van der Waals surface area contributed by atoms with Crippen LogP contribution in [0.2, 0.25) is 0 Å². The first kappa shape index (κ1) is 15.0. The molecule has 0 heterocycles. The van der Waals surface area contributed by atoms with Crippen molar-refractivity contribution < 1.29 is 8.42 Å². The Hall–Kier alpha value is -1.52. The summed E-state index contributed by atoms with van der Waals surface area (Å²) in [6.07, 6.45) is 3.12. The number of thioether (sulfide) groups is 1. The third-order valence-electron chi connectivity index (χ3n) is 4.73. The van der Waals surface area contributed by atoms with Gasteiger partial charge in [0.25, 0.3) is 0 Å². The Labute approximate surface area is 141 Å². The summed E-state index contributed by atoms with van der Waals surface area (Å²) in [5.41, 5.74) is 0. The van der Waals surface area contributed by atoms with E-state index in [1.165, 1.54) is 0 Å².